The number of benzene rings is 1. The molecule has 12 heteroatoms. The van der Waals surface area contributed by atoms with Gasteiger partial charge in [-0.2, -0.15) is 13.2 Å². The van der Waals surface area contributed by atoms with E-state index in [0.29, 0.717) is 24.4 Å². The van der Waals surface area contributed by atoms with E-state index < -0.39 is 20.9 Å². The van der Waals surface area contributed by atoms with E-state index in [0.717, 1.165) is 6.20 Å². The Morgan fingerprint density at radius 1 is 1.22 bits per heavy atom. The SMILES string of the molecule is CCS(=O)(=O)c1ccc(OC(C)C)c(C(=O)N2CCN(c3ncc(C(F)(F)F)s3)CC2)c1. The highest BCUT2D eigenvalue weighted by atomic mass is 32.2. The van der Waals surface area contributed by atoms with Gasteiger partial charge in [0.25, 0.3) is 5.91 Å². The zero-order chi connectivity index (χ0) is 23.7. The van der Waals surface area contributed by atoms with Crippen LogP contribution in [0.1, 0.15) is 36.0 Å². The van der Waals surface area contributed by atoms with Crippen molar-refractivity contribution in [1.29, 1.82) is 0 Å². The van der Waals surface area contributed by atoms with Crippen molar-refractivity contribution in [3.8, 4) is 5.75 Å². The maximum atomic E-state index is 13.2. The van der Waals surface area contributed by atoms with Crippen molar-refractivity contribution in [3.63, 3.8) is 0 Å². The predicted molar refractivity (Wildman–Crippen MR) is 115 cm³/mol. The molecule has 0 saturated carbocycles. The first-order chi connectivity index (χ1) is 14.9. The fourth-order valence-corrected chi connectivity index (χ4v) is 4.95. The molecule has 0 bridgehead atoms. The Hall–Kier alpha value is -2.34. The molecule has 1 fully saturated rings. The Bertz CT molecular complexity index is 1080. The molecule has 0 radical (unpaired) electrons. The number of sulfone groups is 1. The normalized spacial score (nSPS) is 15.3. The van der Waals surface area contributed by atoms with Gasteiger partial charge in [0.05, 0.1) is 28.5 Å². The summed E-state index contributed by atoms with van der Waals surface area (Å²) in [6.45, 7) is 6.25. The quantitative estimate of drug-likeness (QED) is 0.613. The van der Waals surface area contributed by atoms with Gasteiger partial charge in [-0.05, 0) is 32.0 Å². The first kappa shape index (κ1) is 24.3. The van der Waals surface area contributed by atoms with E-state index in [2.05, 4.69) is 4.98 Å². The minimum absolute atomic E-state index is 0.0422. The van der Waals surface area contributed by atoms with Crippen LogP contribution in [0.25, 0.3) is 0 Å². The molecule has 0 N–H and O–H groups in total. The number of thiazole rings is 1. The lowest BCUT2D eigenvalue weighted by Crippen LogP contribution is -2.48. The largest absolute Gasteiger partial charge is 0.490 e. The number of carbonyl (C=O) groups excluding carboxylic acids is 1. The second-order valence-electron chi connectivity index (χ2n) is 7.51. The summed E-state index contributed by atoms with van der Waals surface area (Å²) in [5, 5.41) is 0.254. The van der Waals surface area contributed by atoms with Crippen LogP contribution >= 0.6 is 11.3 Å². The highest BCUT2D eigenvalue weighted by Gasteiger charge is 2.34. The molecule has 2 aromatic rings. The minimum Gasteiger partial charge on any atom is -0.490 e. The summed E-state index contributed by atoms with van der Waals surface area (Å²) in [6.07, 6.45) is -3.85. The minimum atomic E-state index is -4.44. The van der Waals surface area contributed by atoms with E-state index >= 15 is 0 Å². The van der Waals surface area contributed by atoms with Crippen molar-refractivity contribution in [2.75, 3.05) is 36.8 Å². The van der Waals surface area contributed by atoms with Crippen LogP contribution in [0.3, 0.4) is 0 Å². The Morgan fingerprint density at radius 3 is 2.41 bits per heavy atom. The van der Waals surface area contributed by atoms with Crippen LogP contribution < -0.4 is 9.64 Å². The molecule has 0 aliphatic carbocycles. The lowest BCUT2D eigenvalue weighted by molar-refractivity contribution is -0.134. The number of hydrogen-bond acceptors (Lipinski definition) is 7. The van der Waals surface area contributed by atoms with Gasteiger partial charge in [-0.3, -0.25) is 4.79 Å². The first-order valence-electron chi connectivity index (χ1n) is 10.0. The first-order valence-corrected chi connectivity index (χ1v) is 12.5. The molecule has 7 nitrogen and oxygen atoms in total. The third kappa shape index (κ3) is 5.34. The van der Waals surface area contributed by atoms with Crippen molar-refractivity contribution in [3.05, 3.63) is 34.8 Å². The molecule has 32 heavy (non-hydrogen) atoms. The van der Waals surface area contributed by atoms with E-state index in [-0.39, 0.29) is 52.2 Å². The van der Waals surface area contributed by atoms with Crippen LogP contribution in [0.15, 0.2) is 29.3 Å². The number of ether oxygens (including phenoxy) is 1. The highest BCUT2D eigenvalue weighted by molar-refractivity contribution is 7.91. The van der Waals surface area contributed by atoms with E-state index in [1.54, 1.807) is 23.6 Å². The summed E-state index contributed by atoms with van der Waals surface area (Å²) in [6, 6.07) is 4.24. The lowest BCUT2D eigenvalue weighted by atomic mass is 10.1. The molecule has 1 aliphatic rings. The predicted octanol–water partition coefficient (Wildman–Crippen LogP) is 3.71. The number of anilines is 1. The fraction of sp³-hybridized carbons (Fsp3) is 0.500. The number of alkyl halides is 3. The number of hydrogen-bond donors (Lipinski definition) is 0. The van der Waals surface area contributed by atoms with Gasteiger partial charge >= 0.3 is 6.18 Å². The van der Waals surface area contributed by atoms with Gasteiger partial charge in [0.2, 0.25) is 0 Å². The average molecular weight is 492 g/mol. The summed E-state index contributed by atoms with van der Waals surface area (Å²) in [4.78, 5) is 19.6. The number of halogens is 3. The Labute approximate surface area is 188 Å². The maximum absolute atomic E-state index is 13.2. The number of carbonyl (C=O) groups is 1. The molecule has 1 saturated heterocycles. The Balaban J connectivity index is 1.79. The molecule has 2 heterocycles. The zero-order valence-electron chi connectivity index (χ0n) is 17.8. The summed E-state index contributed by atoms with van der Waals surface area (Å²) >= 11 is 0.568. The smallest absolute Gasteiger partial charge is 0.427 e. The Kier molecular flexibility index (Phi) is 7.03. The van der Waals surface area contributed by atoms with Crippen LogP contribution in [0, 0.1) is 0 Å². The van der Waals surface area contributed by atoms with Crippen molar-refractivity contribution in [1.82, 2.24) is 9.88 Å². The molecule has 1 amide bonds. The molecule has 0 atom stereocenters. The lowest BCUT2D eigenvalue weighted by Gasteiger charge is -2.35. The van der Waals surface area contributed by atoms with Crippen molar-refractivity contribution >= 4 is 32.2 Å². The van der Waals surface area contributed by atoms with Crippen LogP contribution in [0.4, 0.5) is 18.3 Å². The second-order valence-corrected chi connectivity index (χ2v) is 10.8. The van der Waals surface area contributed by atoms with Gasteiger partial charge in [0, 0.05) is 26.2 Å². The summed E-state index contributed by atoms with van der Waals surface area (Å²) in [5.74, 6) is -0.196. The Morgan fingerprint density at radius 2 is 1.88 bits per heavy atom. The topological polar surface area (TPSA) is 79.8 Å². The van der Waals surface area contributed by atoms with E-state index in [1.807, 2.05) is 0 Å². The molecule has 176 valence electrons. The molecule has 1 aromatic heterocycles. The fourth-order valence-electron chi connectivity index (χ4n) is 3.21. The third-order valence-corrected chi connectivity index (χ3v) is 7.73. The van der Waals surface area contributed by atoms with Gasteiger partial charge in [-0.15, -0.1) is 0 Å². The van der Waals surface area contributed by atoms with Gasteiger partial charge in [0.1, 0.15) is 10.6 Å². The van der Waals surface area contributed by atoms with Gasteiger partial charge in [0.15, 0.2) is 15.0 Å². The van der Waals surface area contributed by atoms with Gasteiger partial charge < -0.3 is 14.5 Å². The summed E-state index contributed by atoms with van der Waals surface area (Å²) in [5.41, 5.74) is 0.148. The number of amides is 1. The molecular formula is C20H24F3N3O4S2. The van der Waals surface area contributed by atoms with Crippen LogP contribution in [-0.4, -0.2) is 62.2 Å². The monoisotopic (exact) mass is 491 g/mol. The van der Waals surface area contributed by atoms with Crippen molar-refractivity contribution in [2.24, 2.45) is 0 Å². The molecule has 3 rings (SSSR count). The van der Waals surface area contributed by atoms with E-state index in [4.69, 9.17) is 4.74 Å². The van der Waals surface area contributed by atoms with E-state index in [9.17, 15) is 26.4 Å². The standard InChI is InChI=1S/C20H24F3N3O4S2/c1-4-32(28,29)14-5-6-16(30-13(2)3)15(11-14)18(27)25-7-9-26(10-8-25)19-24-12-17(31-19)20(21,22)23/h5-6,11-13H,4,7-10H2,1-3H3. The maximum Gasteiger partial charge on any atom is 0.427 e. The number of nitrogens with zero attached hydrogens (tertiary/aromatic N) is 3. The summed E-state index contributed by atoms with van der Waals surface area (Å²) in [7, 11) is -3.52. The number of piperazine rings is 1. The van der Waals surface area contributed by atoms with Crippen LogP contribution in [-0.2, 0) is 16.0 Å². The molecule has 0 spiro atoms. The highest BCUT2D eigenvalue weighted by Crippen LogP contribution is 2.36. The van der Waals surface area contributed by atoms with Crippen LogP contribution in [0.5, 0.6) is 5.75 Å². The van der Waals surface area contributed by atoms with Crippen LogP contribution in [0.2, 0.25) is 0 Å². The third-order valence-electron chi connectivity index (χ3n) is 4.89. The second kappa shape index (κ2) is 9.26. The molecule has 0 unspecified atom stereocenters. The van der Waals surface area contributed by atoms with Gasteiger partial charge in [-0.25, -0.2) is 13.4 Å². The van der Waals surface area contributed by atoms with Gasteiger partial charge in [-0.1, -0.05) is 18.3 Å². The van der Waals surface area contributed by atoms with Crippen molar-refractivity contribution < 1.29 is 31.1 Å². The number of aromatic nitrogens is 1. The molecular weight excluding hydrogens is 467 g/mol. The van der Waals surface area contributed by atoms with E-state index in [1.165, 1.54) is 25.1 Å². The molecule has 1 aromatic carbocycles. The number of rotatable bonds is 6. The molecule has 1 aliphatic heterocycles. The average Bonchev–Trinajstić information content (AvgIpc) is 3.24. The zero-order valence-corrected chi connectivity index (χ0v) is 19.5. The van der Waals surface area contributed by atoms with Crippen molar-refractivity contribution in [2.45, 2.75) is 37.9 Å². The summed E-state index contributed by atoms with van der Waals surface area (Å²) < 4.78 is 68.8.